The van der Waals surface area contributed by atoms with E-state index in [9.17, 15) is 9.59 Å². The second-order valence-electron chi connectivity index (χ2n) is 4.03. The Kier molecular flexibility index (Phi) is 4.72. The maximum Gasteiger partial charge on any atom is 0.257 e. The zero-order chi connectivity index (χ0) is 15.2. The lowest BCUT2D eigenvalue weighted by Gasteiger charge is -2.04. The van der Waals surface area contributed by atoms with Gasteiger partial charge in [0.1, 0.15) is 11.6 Å². The maximum absolute atomic E-state index is 11.8. The molecule has 0 aliphatic rings. The Balaban J connectivity index is 1.89. The van der Waals surface area contributed by atoms with Crippen LogP contribution in [0.25, 0.3) is 0 Å². The topological polar surface area (TPSA) is 124 Å². The smallest absolute Gasteiger partial charge is 0.257 e. The maximum atomic E-state index is 11.8. The number of nitrogens with zero attached hydrogens (tertiary/aromatic N) is 2. The van der Waals surface area contributed by atoms with Gasteiger partial charge in [-0.25, -0.2) is 9.97 Å². The Labute approximate surface area is 125 Å². The number of benzene rings is 1. The first-order chi connectivity index (χ1) is 10.0. The first-order valence-corrected chi connectivity index (χ1v) is 6.95. The highest BCUT2D eigenvalue weighted by atomic mass is 32.2. The summed E-state index contributed by atoms with van der Waals surface area (Å²) < 4.78 is 0. The lowest BCUT2D eigenvalue weighted by molar-refractivity contribution is -0.117. The number of amides is 2. The number of nitrogens with one attached hydrogen (secondary N) is 1. The van der Waals surface area contributed by atoms with Gasteiger partial charge in [-0.05, 0) is 12.1 Å². The van der Waals surface area contributed by atoms with Crippen molar-refractivity contribution >= 4 is 35.2 Å². The average Bonchev–Trinajstić information content (AvgIpc) is 2.45. The minimum atomic E-state index is -0.450. The second kappa shape index (κ2) is 6.71. The summed E-state index contributed by atoms with van der Waals surface area (Å²) in [6.45, 7) is 0. The summed E-state index contributed by atoms with van der Waals surface area (Å²) in [6.07, 6.45) is 0. The Hall–Kier alpha value is -2.61. The normalized spacial score (nSPS) is 10.1. The van der Waals surface area contributed by atoms with Gasteiger partial charge >= 0.3 is 0 Å². The number of anilines is 2. The van der Waals surface area contributed by atoms with Crippen LogP contribution in [0.5, 0.6) is 0 Å². The fraction of sp³-hybridized carbons (Fsp3) is 0.0769. The summed E-state index contributed by atoms with van der Waals surface area (Å²) in [6, 6.07) is 9.89. The fourth-order valence-corrected chi connectivity index (χ4v) is 2.15. The molecule has 7 nitrogen and oxygen atoms in total. The molecule has 1 aromatic heterocycles. The highest BCUT2D eigenvalue weighted by Gasteiger charge is 2.11. The lowest BCUT2D eigenvalue weighted by atomic mass is 10.2. The van der Waals surface area contributed by atoms with Crippen molar-refractivity contribution in [3.63, 3.8) is 0 Å². The highest BCUT2D eigenvalue weighted by molar-refractivity contribution is 7.99. The molecule has 8 heteroatoms. The number of rotatable bonds is 4. The van der Waals surface area contributed by atoms with Crippen LogP contribution in [-0.2, 0) is 4.79 Å². The van der Waals surface area contributed by atoms with E-state index in [2.05, 4.69) is 15.3 Å². The molecule has 0 saturated heterocycles. The average molecular weight is 303 g/mol. The molecule has 0 aliphatic carbocycles. The Morgan fingerprint density at radius 3 is 2.33 bits per heavy atom. The molecule has 2 rings (SSSR count). The van der Waals surface area contributed by atoms with Crippen molar-refractivity contribution in [2.75, 3.05) is 17.2 Å². The van der Waals surface area contributed by atoms with Gasteiger partial charge in [0.2, 0.25) is 5.91 Å². The second-order valence-corrected chi connectivity index (χ2v) is 4.97. The van der Waals surface area contributed by atoms with Gasteiger partial charge in [-0.1, -0.05) is 30.0 Å². The molecular formula is C13H13N5O2S. The number of hydrogen-bond acceptors (Lipinski definition) is 7. The number of nitrogen functional groups attached to an aromatic ring is 2. The van der Waals surface area contributed by atoms with E-state index in [4.69, 9.17) is 11.5 Å². The minimum Gasteiger partial charge on any atom is -0.383 e. The van der Waals surface area contributed by atoms with Crippen LogP contribution in [0.4, 0.5) is 11.6 Å². The van der Waals surface area contributed by atoms with Crippen LogP contribution in [0.15, 0.2) is 41.6 Å². The van der Waals surface area contributed by atoms with Crippen molar-refractivity contribution in [1.82, 2.24) is 15.3 Å². The summed E-state index contributed by atoms with van der Waals surface area (Å²) in [5.74, 6) is -0.453. The molecule has 2 aromatic rings. The molecule has 0 spiro atoms. The van der Waals surface area contributed by atoms with Gasteiger partial charge in [0.25, 0.3) is 5.91 Å². The first-order valence-electron chi connectivity index (χ1n) is 5.96. The van der Waals surface area contributed by atoms with Crippen LogP contribution < -0.4 is 16.8 Å². The van der Waals surface area contributed by atoms with Crippen molar-refractivity contribution in [2.24, 2.45) is 0 Å². The van der Waals surface area contributed by atoms with E-state index in [-0.39, 0.29) is 22.5 Å². The number of nitrogens with two attached hydrogens (primary N) is 2. The minimum absolute atomic E-state index is 0.0124. The van der Waals surface area contributed by atoms with Crippen molar-refractivity contribution in [1.29, 1.82) is 0 Å². The van der Waals surface area contributed by atoms with E-state index in [1.165, 1.54) is 6.07 Å². The van der Waals surface area contributed by atoms with E-state index in [0.29, 0.717) is 5.56 Å². The molecule has 0 unspecified atom stereocenters. The van der Waals surface area contributed by atoms with Gasteiger partial charge in [0.15, 0.2) is 5.16 Å². The number of imide groups is 1. The number of hydrogen-bond donors (Lipinski definition) is 3. The Morgan fingerprint density at radius 1 is 1.10 bits per heavy atom. The molecule has 1 heterocycles. The molecular weight excluding hydrogens is 290 g/mol. The SMILES string of the molecule is Nc1cc(N)nc(SCC(=O)NC(=O)c2ccccc2)n1. The first kappa shape index (κ1) is 14.8. The quantitative estimate of drug-likeness (QED) is 0.560. The fourth-order valence-electron chi connectivity index (χ4n) is 1.48. The third kappa shape index (κ3) is 4.46. The van der Waals surface area contributed by atoms with Crippen LogP contribution in [0.1, 0.15) is 10.4 Å². The van der Waals surface area contributed by atoms with Crippen LogP contribution >= 0.6 is 11.8 Å². The van der Waals surface area contributed by atoms with Crippen LogP contribution in [0.2, 0.25) is 0 Å². The van der Waals surface area contributed by atoms with Gasteiger partial charge in [0, 0.05) is 11.6 Å². The van der Waals surface area contributed by atoms with Crippen LogP contribution in [-0.4, -0.2) is 27.5 Å². The van der Waals surface area contributed by atoms with Crippen molar-refractivity contribution in [3.8, 4) is 0 Å². The van der Waals surface area contributed by atoms with Gasteiger partial charge < -0.3 is 11.5 Å². The Bertz CT molecular complexity index is 643. The van der Waals surface area contributed by atoms with Crippen LogP contribution in [0.3, 0.4) is 0 Å². The van der Waals surface area contributed by atoms with Gasteiger partial charge in [-0.2, -0.15) is 0 Å². The van der Waals surface area contributed by atoms with Gasteiger partial charge in [-0.15, -0.1) is 0 Å². The van der Waals surface area contributed by atoms with E-state index in [1.807, 2.05) is 0 Å². The lowest BCUT2D eigenvalue weighted by Crippen LogP contribution is -2.31. The zero-order valence-electron chi connectivity index (χ0n) is 10.9. The molecule has 0 fully saturated rings. The molecule has 0 aliphatic heterocycles. The number of carbonyl (C=O) groups is 2. The summed E-state index contributed by atoms with van der Waals surface area (Å²) in [7, 11) is 0. The predicted molar refractivity (Wildman–Crippen MR) is 80.5 cm³/mol. The molecule has 0 radical (unpaired) electrons. The van der Waals surface area contributed by atoms with E-state index < -0.39 is 11.8 Å². The third-order valence-corrected chi connectivity index (χ3v) is 3.21. The third-order valence-electron chi connectivity index (χ3n) is 2.37. The summed E-state index contributed by atoms with van der Waals surface area (Å²) >= 11 is 1.05. The molecule has 108 valence electrons. The molecule has 1 aromatic carbocycles. The standard InChI is InChI=1S/C13H13N5O2S/c14-9-6-10(15)17-13(16-9)21-7-11(19)18-12(20)8-4-2-1-3-5-8/h1-6H,7H2,(H,18,19,20)(H4,14,15,16,17). The molecule has 0 saturated carbocycles. The van der Waals surface area contributed by atoms with Crippen molar-refractivity contribution in [2.45, 2.75) is 5.16 Å². The van der Waals surface area contributed by atoms with Gasteiger partial charge in [0.05, 0.1) is 5.75 Å². The summed E-state index contributed by atoms with van der Waals surface area (Å²) in [5.41, 5.74) is 11.5. The number of thioether (sulfide) groups is 1. The van der Waals surface area contributed by atoms with E-state index in [1.54, 1.807) is 30.3 Å². The molecule has 21 heavy (non-hydrogen) atoms. The summed E-state index contributed by atoms with van der Waals surface area (Å²) in [5, 5.41) is 2.57. The molecule has 5 N–H and O–H groups in total. The number of aromatic nitrogens is 2. The molecule has 0 atom stereocenters. The van der Waals surface area contributed by atoms with Gasteiger partial charge in [-0.3, -0.25) is 14.9 Å². The van der Waals surface area contributed by atoms with Crippen molar-refractivity contribution in [3.05, 3.63) is 42.0 Å². The monoisotopic (exact) mass is 303 g/mol. The largest absolute Gasteiger partial charge is 0.383 e. The van der Waals surface area contributed by atoms with E-state index >= 15 is 0 Å². The zero-order valence-corrected chi connectivity index (χ0v) is 11.8. The number of carbonyl (C=O) groups excluding carboxylic acids is 2. The predicted octanol–water partition coefficient (Wildman–Crippen LogP) is 0.690. The van der Waals surface area contributed by atoms with E-state index in [0.717, 1.165) is 11.8 Å². The highest BCUT2D eigenvalue weighted by Crippen LogP contribution is 2.15. The Morgan fingerprint density at radius 2 is 1.71 bits per heavy atom. The molecule has 0 bridgehead atoms. The van der Waals surface area contributed by atoms with Crippen molar-refractivity contribution < 1.29 is 9.59 Å². The molecule has 2 amide bonds. The van der Waals surface area contributed by atoms with Crippen LogP contribution in [0, 0.1) is 0 Å². The summed E-state index contributed by atoms with van der Waals surface area (Å²) in [4.78, 5) is 31.3.